The maximum atomic E-state index is 12.3. The summed E-state index contributed by atoms with van der Waals surface area (Å²) in [5.74, 6) is 1.66. The fourth-order valence-corrected chi connectivity index (χ4v) is 2.34. The Bertz CT molecular complexity index is 920. The molecule has 8 heteroatoms. The zero-order chi connectivity index (χ0) is 19.2. The Balaban J connectivity index is 1.66. The van der Waals surface area contributed by atoms with E-state index >= 15 is 0 Å². The molecular weight excluding hydrogens is 352 g/mol. The van der Waals surface area contributed by atoms with Crippen LogP contribution in [0.2, 0.25) is 0 Å². The van der Waals surface area contributed by atoms with Gasteiger partial charge in [-0.1, -0.05) is 5.16 Å². The van der Waals surface area contributed by atoms with Crippen LogP contribution < -0.4 is 14.2 Å². The number of carbonyl (C=O) groups is 1. The number of benzene rings is 2. The van der Waals surface area contributed by atoms with Crippen molar-refractivity contribution in [3.05, 3.63) is 53.9 Å². The van der Waals surface area contributed by atoms with Gasteiger partial charge >= 0.3 is 5.97 Å². The van der Waals surface area contributed by atoms with E-state index in [9.17, 15) is 4.79 Å². The summed E-state index contributed by atoms with van der Waals surface area (Å²) in [5, 5.41) is 3.89. The van der Waals surface area contributed by atoms with Crippen molar-refractivity contribution in [2.24, 2.45) is 0 Å². The molecule has 0 aliphatic heterocycles. The number of methoxy groups -OCH3 is 3. The van der Waals surface area contributed by atoms with Gasteiger partial charge in [0, 0.05) is 11.6 Å². The third-order valence-corrected chi connectivity index (χ3v) is 3.77. The molecule has 0 aliphatic carbocycles. The van der Waals surface area contributed by atoms with Crippen molar-refractivity contribution in [3.8, 4) is 28.6 Å². The molecule has 0 amide bonds. The lowest BCUT2D eigenvalue weighted by Crippen LogP contribution is -2.07. The van der Waals surface area contributed by atoms with Crippen molar-refractivity contribution in [2.75, 3.05) is 21.3 Å². The van der Waals surface area contributed by atoms with E-state index in [1.54, 1.807) is 37.4 Å². The van der Waals surface area contributed by atoms with Crippen molar-refractivity contribution in [3.63, 3.8) is 0 Å². The highest BCUT2D eigenvalue weighted by molar-refractivity contribution is 5.92. The monoisotopic (exact) mass is 370 g/mol. The van der Waals surface area contributed by atoms with Gasteiger partial charge < -0.3 is 23.5 Å². The second kappa shape index (κ2) is 8.22. The Morgan fingerprint density at radius 2 is 1.67 bits per heavy atom. The standard InChI is InChI=1S/C19H18N2O6/c1-23-13-6-4-12(5-7-13)18-20-17(27-21-18)11-26-19(22)15-9-8-14(24-2)10-16(15)25-3/h4-10H,11H2,1-3H3. The number of hydrogen-bond donors (Lipinski definition) is 0. The van der Waals surface area contributed by atoms with Crippen molar-refractivity contribution >= 4 is 5.97 Å². The first-order valence-corrected chi connectivity index (χ1v) is 8.00. The molecule has 1 heterocycles. The molecule has 0 radical (unpaired) electrons. The second-order valence-corrected chi connectivity index (χ2v) is 5.38. The topological polar surface area (TPSA) is 92.9 Å². The number of aromatic nitrogens is 2. The molecule has 0 unspecified atom stereocenters. The van der Waals surface area contributed by atoms with Gasteiger partial charge in [0.15, 0.2) is 6.61 Å². The van der Waals surface area contributed by atoms with Crippen LogP contribution >= 0.6 is 0 Å². The molecule has 3 aromatic rings. The molecule has 0 saturated carbocycles. The first kappa shape index (κ1) is 18.2. The van der Waals surface area contributed by atoms with Crippen molar-refractivity contribution in [2.45, 2.75) is 6.61 Å². The summed E-state index contributed by atoms with van der Waals surface area (Å²) in [6.07, 6.45) is 0. The number of carbonyl (C=O) groups excluding carboxylic acids is 1. The van der Waals surface area contributed by atoms with Crippen LogP contribution in [-0.2, 0) is 11.3 Å². The Kier molecular flexibility index (Phi) is 5.55. The summed E-state index contributed by atoms with van der Waals surface area (Å²) in [7, 11) is 4.58. The average molecular weight is 370 g/mol. The number of esters is 1. The van der Waals surface area contributed by atoms with Gasteiger partial charge in [-0.05, 0) is 36.4 Å². The van der Waals surface area contributed by atoms with Crippen LogP contribution in [0.15, 0.2) is 47.0 Å². The molecule has 0 fully saturated rings. The number of ether oxygens (including phenoxy) is 4. The second-order valence-electron chi connectivity index (χ2n) is 5.38. The molecule has 0 bridgehead atoms. The molecule has 0 N–H and O–H groups in total. The Hall–Kier alpha value is -3.55. The van der Waals surface area contributed by atoms with Crippen LogP contribution in [0, 0.1) is 0 Å². The minimum absolute atomic E-state index is 0.156. The van der Waals surface area contributed by atoms with E-state index in [1.165, 1.54) is 14.2 Å². The van der Waals surface area contributed by atoms with Crippen LogP contribution in [0.5, 0.6) is 17.2 Å². The molecular formula is C19H18N2O6. The van der Waals surface area contributed by atoms with E-state index in [2.05, 4.69) is 10.1 Å². The maximum Gasteiger partial charge on any atom is 0.342 e. The summed E-state index contributed by atoms with van der Waals surface area (Å²) in [6, 6.07) is 12.0. The Morgan fingerprint density at radius 3 is 2.33 bits per heavy atom. The van der Waals surface area contributed by atoms with E-state index in [0.717, 1.165) is 11.3 Å². The zero-order valence-corrected chi connectivity index (χ0v) is 15.1. The largest absolute Gasteiger partial charge is 0.497 e. The highest BCUT2D eigenvalue weighted by atomic mass is 16.6. The van der Waals surface area contributed by atoms with Crippen molar-refractivity contribution in [1.29, 1.82) is 0 Å². The molecule has 140 valence electrons. The molecule has 3 rings (SSSR count). The van der Waals surface area contributed by atoms with Crippen molar-refractivity contribution in [1.82, 2.24) is 10.1 Å². The fraction of sp³-hybridized carbons (Fsp3) is 0.211. The summed E-state index contributed by atoms with van der Waals surface area (Å²) in [6.45, 7) is -0.156. The first-order valence-electron chi connectivity index (χ1n) is 8.00. The predicted molar refractivity (Wildman–Crippen MR) is 95.0 cm³/mol. The van der Waals surface area contributed by atoms with E-state index < -0.39 is 5.97 Å². The number of nitrogens with zero attached hydrogens (tertiary/aromatic N) is 2. The van der Waals surface area contributed by atoms with Crippen LogP contribution in [-0.4, -0.2) is 37.4 Å². The van der Waals surface area contributed by atoms with E-state index in [4.69, 9.17) is 23.5 Å². The lowest BCUT2D eigenvalue weighted by molar-refractivity contribution is 0.0426. The third-order valence-electron chi connectivity index (χ3n) is 3.77. The van der Waals surface area contributed by atoms with Crippen LogP contribution in [0.4, 0.5) is 0 Å². The summed E-state index contributed by atoms with van der Waals surface area (Å²) in [5.41, 5.74) is 1.03. The van der Waals surface area contributed by atoms with Gasteiger partial charge in [-0.2, -0.15) is 4.98 Å². The van der Waals surface area contributed by atoms with Crippen molar-refractivity contribution < 1.29 is 28.3 Å². The third kappa shape index (κ3) is 4.17. The maximum absolute atomic E-state index is 12.3. The van der Waals surface area contributed by atoms with Gasteiger partial charge in [-0.3, -0.25) is 0 Å². The van der Waals surface area contributed by atoms with Gasteiger partial charge in [0.2, 0.25) is 5.82 Å². The Morgan fingerprint density at radius 1 is 0.963 bits per heavy atom. The van der Waals surface area contributed by atoms with E-state index in [1.807, 2.05) is 12.1 Å². The molecule has 8 nitrogen and oxygen atoms in total. The lowest BCUT2D eigenvalue weighted by Gasteiger charge is -2.09. The van der Waals surface area contributed by atoms with Gasteiger partial charge in [0.25, 0.3) is 5.89 Å². The summed E-state index contributed by atoms with van der Waals surface area (Å²) >= 11 is 0. The van der Waals surface area contributed by atoms with E-state index in [-0.39, 0.29) is 18.1 Å². The molecule has 1 aromatic heterocycles. The summed E-state index contributed by atoms with van der Waals surface area (Å²) in [4.78, 5) is 16.5. The molecule has 0 aliphatic rings. The molecule has 0 spiro atoms. The van der Waals surface area contributed by atoms with Crippen LogP contribution in [0.25, 0.3) is 11.4 Å². The average Bonchev–Trinajstić information content (AvgIpc) is 3.20. The normalized spacial score (nSPS) is 10.3. The predicted octanol–water partition coefficient (Wildman–Crippen LogP) is 3.12. The van der Waals surface area contributed by atoms with Gasteiger partial charge in [0.1, 0.15) is 22.8 Å². The van der Waals surface area contributed by atoms with Gasteiger partial charge in [-0.25, -0.2) is 4.79 Å². The molecule has 27 heavy (non-hydrogen) atoms. The van der Waals surface area contributed by atoms with Crippen LogP contribution in [0.1, 0.15) is 16.2 Å². The molecule has 0 atom stereocenters. The lowest BCUT2D eigenvalue weighted by atomic mass is 10.2. The number of hydrogen-bond acceptors (Lipinski definition) is 8. The van der Waals surface area contributed by atoms with Gasteiger partial charge in [0.05, 0.1) is 21.3 Å². The SMILES string of the molecule is COc1ccc(-c2noc(COC(=O)c3ccc(OC)cc3OC)n2)cc1. The van der Waals surface area contributed by atoms with E-state index in [0.29, 0.717) is 17.3 Å². The molecule has 0 saturated heterocycles. The minimum atomic E-state index is -0.571. The summed E-state index contributed by atoms with van der Waals surface area (Å²) < 4.78 is 25.8. The minimum Gasteiger partial charge on any atom is -0.497 e. The number of rotatable bonds is 7. The highest BCUT2D eigenvalue weighted by Crippen LogP contribution is 2.25. The van der Waals surface area contributed by atoms with Gasteiger partial charge in [-0.15, -0.1) is 0 Å². The van der Waals surface area contributed by atoms with Crippen LogP contribution in [0.3, 0.4) is 0 Å². The zero-order valence-electron chi connectivity index (χ0n) is 15.1. The smallest absolute Gasteiger partial charge is 0.342 e. The fourth-order valence-electron chi connectivity index (χ4n) is 2.34. The molecule has 2 aromatic carbocycles. The first-order chi connectivity index (χ1) is 13.1. The quantitative estimate of drug-likeness (QED) is 0.586. The Labute approximate surface area is 155 Å². The highest BCUT2D eigenvalue weighted by Gasteiger charge is 2.17.